The van der Waals surface area contributed by atoms with E-state index in [0.29, 0.717) is 0 Å². The van der Waals surface area contributed by atoms with Crippen LogP contribution in [0.2, 0.25) is 0 Å². The number of nitrogens with two attached hydrogens (primary N) is 1. The molecule has 0 fully saturated rings. The molecule has 3 aromatic rings. The maximum Gasteiger partial charge on any atom is 0.0739 e. The van der Waals surface area contributed by atoms with Crippen LogP contribution in [0.1, 0.15) is 23.5 Å². The van der Waals surface area contributed by atoms with E-state index < -0.39 is 0 Å². The Morgan fingerprint density at radius 3 is 2.76 bits per heavy atom. The number of thioether (sulfide) groups is 1. The van der Waals surface area contributed by atoms with Crippen molar-refractivity contribution in [2.24, 2.45) is 5.73 Å². The van der Waals surface area contributed by atoms with E-state index in [4.69, 9.17) is 5.73 Å². The lowest BCUT2D eigenvalue weighted by Crippen LogP contribution is -2.25. The fourth-order valence-corrected chi connectivity index (χ4v) is 5.27. The maximum atomic E-state index is 6.36. The molecule has 110 valence electrons. The highest BCUT2D eigenvalue weighted by molar-refractivity contribution is 9.11. The third kappa shape index (κ3) is 3.37. The van der Waals surface area contributed by atoms with Crippen LogP contribution in [0, 0.1) is 0 Å². The Balaban J connectivity index is 1.90. The lowest BCUT2D eigenvalue weighted by molar-refractivity contribution is 0.639. The number of thiophene rings is 1. The molecule has 0 saturated carbocycles. The summed E-state index contributed by atoms with van der Waals surface area (Å²) in [5, 5.41) is 2.70. The average Bonchev–Trinajstić information content (AvgIpc) is 3.09. The number of para-hydroxylation sites is 1. The number of halogens is 1. The molecule has 21 heavy (non-hydrogen) atoms. The van der Waals surface area contributed by atoms with Crippen LogP contribution in [0.5, 0.6) is 0 Å². The van der Waals surface area contributed by atoms with Gasteiger partial charge in [-0.15, -0.1) is 11.3 Å². The smallest absolute Gasteiger partial charge is 0.0739 e. The molecule has 0 radical (unpaired) electrons. The summed E-state index contributed by atoms with van der Waals surface area (Å²) in [6, 6.07) is 15.0. The van der Waals surface area contributed by atoms with Gasteiger partial charge in [0.15, 0.2) is 0 Å². The zero-order valence-electron chi connectivity index (χ0n) is 11.7. The first-order valence-corrected chi connectivity index (χ1v) is 9.41. The molecule has 0 amide bonds. The molecule has 2 nitrogen and oxygen atoms in total. The number of H-pyrrole nitrogens is 1. The minimum Gasteiger partial charge on any atom is -0.350 e. The van der Waals surface area contributed by atoms with Crippen molar-refractivity contribution < 1.29 is 0 Å². The van der Waals surface area contributed by atoms with E-state index in [9.17, 15) is 0 Å². The second kappa shape index (κ2) is 6.57. The normalized spacial score (nSPS) is 14.4. The van der Waals surface area contributed by atoms with Crippen LogP contribution in [0.15, 0.2) is 51.3 Å². The molecule has 0 spiro atoms. The van der Waals surface area contributed by atoms with Gasteiger partial charge in [-0.25, -0.2) is 0 Å². The minimum absolute atomic E-state index is 0.145. The Morgan fingerprint density at radius 1 is 1.29 bits per heavy atom. The van der Waals surface area contributed by atoms with Crippen LogP contribution in [0.25, 0.3) is 10.9 Å². The number of rotatable bonds is 5. The van der Waals surface area contributed by atoms with Crippen LogP contribution in [-0.4, -0.2) is 11.0 Å². The molecular weight excluding hydrogens is 364 g/mol. The Labute approximate surface area is 141 Å². The minimum atomic E-state index is 0.145. The fourth-order valence-electron chi connectivity index (χ4n) is 2.30. The standard InChI is InChI=1S/C16H17BrN2S2/c1-2-11(18)16(13-7-8-14(17)20-13)21-15-9-10-5-3-4-6-12(10)19-15/h3-9,11,16,19H,2,18H2,1H3. The van der Waals surface area contributed by atoms with E-state index in [-0.39, 0.29) is 11.3 Å². The number of nitrogens with one attached hydrogen (secondary N) is 1. The SMILES string of the molecule is CCC(N)C(Sc1cc2ccccc2[nH]1)c1ccc(Br)s1. The third-order valence-corrected chi connectivity index (χ3v) is 6.68. The molecule has 0 aliphatic rings. The molecule has 2 unspecified atom stereocenters. The molecule has 5 heteroatoms. The lowest BCUT2D eigenvalue weighted by Gasteiger charge is -2.20. The largest absolute Gasteiger partial charge is 0.350 e. The van der Waals surface area contributed by atoms with Gasteiger partial charge in [0.05, 0.1) is 14.1 Å². The van der Waals surface area contributed by atoms with E-state index in [2.05, 4.69) is 70.3 Å². The molecule has 0 bridgehead atoms. The monoisotopic (exact) mass is 380 g/mol. The van der Waals surface area contributed by atoms with Gasteiger partial charge in [0.2, 0.25) is 0 Å². The Kier molecular flexibility index (Phi) is 4.74. The first kappa shape index (κ1) is 15.2. The van der Waals surface area contributed by atoms with Crippen LogP contribution in [-0.2, 0) is 0 Å². The van der Waals surface area contributed by atoms with Gasteiger partial charge in [-0.2, -0.15) is 0 Å². The first-order chi connectivity index (χ1) is 10.2. The summed E-state index contributed by atoms with van der Waals surface area (Å²) in [5.41, 5.74) is 7.53. The van der Waals surface area contributed by atoms with Gasteiger partial charge in [0, 0.05) is 21.8 Å². The zero-order chi connectivity index (χ0) is 14.8. The van der Waals surface area contributed by atoms with Crippen molar-refractivity contribution in [3.63, 3.8) is 0 Å². The van der Waals surface area contributed by atoms with Crippen LogP contribution in [0.3, 0.4) is 0 Å². The zero-order valence-corrected chi connectivity index (χ0v) is 14.9. The fraction of sp³-hybridized carbons (Fsp3) is 0.250. The van der Waals surface area contributed by atoms with E-state index in [1.165, 1.54) is 20.8 Å². The van der Waals surface area contributed by atoms with Crippen LogP contribution in [0.4, 0.5) is 0 Å². The van der Waals surface area contributed by atoms with Gasteiger partial charge in [0.25, 0.3) is 0 Å². The van der Waals surface area contributed by atoms with Gasteiger partial charge in [-0.05, 0) is 46.6 Å². The molecule has 3 rings (SSSR count). The van der Waals surface area contributed by atoms with Crippen molar-refractivity contribution in [2.75, 3.05) is 0 Å². The Hall–Kier alpha value is -0.750. The molecule has 2 aromatic heterocycles. The molecule has 0 aliphatic carbocycles. The molecule has 1 aromatic carbocycles. The second-order valence-corrected chi connectivity index (χ2v) is 8.65. The van der Waals surface area contributed by atoms with E-state index >= 15 is 0 Å². The van der Waals surface area contributed by atoms with E-state index in [0.717, 1.165) is 10.2 Å². The van der Waals surface area contributed by atoms with E-state index in [1.807, 2.05) is 11.8 Å². The highest BCUT2D eigenvalue weighted by atomic mass is 79.9. The molecule has 2 heterocycles. The van der Waals surface area contributed by atoms with Crippen molar-refractivity contribution in [3.05, 3.63) is 51.1 Å². The van der Waals surface area contributed by atoms with Gasteiger partial charge in [-0.3, -0.25) is 0 Å². The number of fused-ring (bicyclic) bond motifs is 1. The van der Waals surface area contributed by atoms with Gasteiger partial charge in [-0.1, -0.05) is 36.9 Å². The molecule has 2 atom stereocenters. The Morgan fingerprint density at radius 2 is 2.10 bits per heavy atom. The molecule has 0 aliphatic heterocycles. The third-order valence-electron chi connectivity index (χ3n) is 3.49. The summed E-state index contributed by atoms with van der Waals surface area (Å²) in [7, 11) is 0. The first-order valence-electron chi connectivity index (χ1n) is 6.92. The van der Waals surface area contributed by atoms with Crippen molar-refractivity contribution in [2.45, 2.75) is 29.7 Å². The number of aromatic nitrogens is 1. The van der Waals surface area contributed by atoms with Crippen molar-refractivity contribution in [1.29, 1.82) is 0 Å². The number of hydrogen-bond acceptors (Lipinski definition) is 3. The van der Waals surface area contributed by atoms with Crippen molar-refractivity contribution >= 4 is 49.9 Å². The molecule has 3 N–H and O–H groups in total. The van der Waals surface area contributed by atoms with Gasteiger partial charge in [0.1, 0.15) is 0 Å². The Bertz CT molecular complexity index is 702. The second-order valence-electron chi connectivity index (χ2n) is 4.97. The van der Waals surface area contributed by atoms with Crippen LogP contribution < -0.4 is 5.73 Å². The molecule has 0 saturated heterocycles. The summed E-state index contributed by atoms with van der Waals surface area (Å²) in [5.74, 6) is 0. The quantitative estimate of drug-likeness (QED) is 0.568. The lowest BCUT2D eigenvalue weighted by atomic mass is 10.1. The summed E-state index contributed by atoms with van der Waals surface area (Å²) in [6.45, 7) is 2.14. The van der Waals surface area contributed by atoms with Crippen molar-refractivity contribution in [3.8, 4) is 0 Å². The number of aromatic amines is 1. The van der Waals surface area contributed by atoms with Crippen molar-refractivity contribution in [1.82, 2.24) is 4.98 Å². The number of benzene rings is 1. The van der Waals surface area contributed by atoms with E-state index in [1.54, 1.807) is 11.3 Å². The summed E-state index contributed by atoms with van der Waals surface area (Å²) < 4.78 is 1.16. The predicted octanol–water partition coefficient (Wildman–Crippen LogP) is 5.56. The topological polar surface area (TPSA) is 41.8 Å². The summed E-state index contributed by atoms with van der Waals surface area (Å²) in [6.07, 6.45) is 0.966. The van der Waals surface area contributed by atoms with Crippen LogP contribution >= 0.6 is 39.0 Å². The summed E-state index contributed by atoms with van der Waals surface area (Å²) >= 11 is 7.14. The molecular formula is C16H17BrN2S2. The highest BCUT2D eigenvalue weighted by Gasteiger charge is 2.22. The predicted molar refractivity (Wildman–Crippen MR) is 97.2 cm³/mol. The summed E-state index contributed by atoms with van der Waals surface area (Å²) in [4.78, 5) is 4.80. The van der Waals surface area contributed by atoms with Gasteiger partial charge < -0.3 is 10.7 Å². The van der Waals surface area contributed by atoms with Gasteiger partial charge >= 0.3 is 0 Å². The average molecular weight is 381 g/mol. The number of hydrogen-bond donors (Lipinski definition) is 2. The highest BCUT2D eigenvalue weighted by Crippen LogP contribution is 2.42. The maximum absolute atomic E-state index is 6.36.